The van der Waals surface area contributed by atoms with Crippen LogP contribution < -0.4 is 25.2 Å². The Bertz CT molecular complexity index is 972. The van der Waals surface area contributed by atoms with Crippen LogP contribution in [0.2, 0.25) is 5.02 Å². The van der Waals surface area contributed by atoms with E-state index in [0.29, 0.717) is 65.7 Å². The minimum Gasteiger partial charge on any atom is -0.493 e. The molecule has 0 radical (unpaired) electrons. The van der Waals surface area contributed by atoms with E-state index in [1.54, 1.807) is 19.1 Å². The summed E-state index contributed by atoms with van der Waals surface area (Å²) in [6, 6.07) is 3.16. The van der Waals surface area contributed by atoms with Gasteiger partial charge in [-0.2, -0.15) is 0 Å². The number of anilines is 2. The fraction of sp³-hybridized carbons (Fsp3) is 0.450. The number of amides is 1. The molecule has 2 heterocycles. The molecular weight excluding hydrogens is 412 g/mol. The zero-order chi connectivity index (χ0) is 21.7. The molecule has 2 aromatic rings. The summed E-state index contributed by atoms with van der Waals surface area (Å²) in [5, 5.41) is 3.07. The van der Waals surface area contributed by atoms with Crippen LogP contribution in [-0.2, 0) is 16.0 Å². The molecule has 0 aliphatic carbocycles. The number of aryl methyl sites for hydroxylation is 1. The number of aromatic nitrogens is 2. The number of morpholine rings is 1. The molecule has 162 valence electrons. The number of methoxy groups -OCH3 is 2. The maximum absolute atomic E-state index is 12.5. The van der Waals surface area contributed by atoms with Gasteiger partial charge in [0.25, 0.3) is 5.56 Å². The highest BCUT2D eigenvalue weighted by Gasteiger charge is 2.17. The third-order valence-electron chi connectivity index (χ3n) is 4.87. The number of nitrogens with one attached hydrogen (secondary N) is 2. The van der Waals surface area contributed by atoms with Crippen molar-refractivity contribution >= 4 is 29.1 Å². The monoisotopic (exact) mass is 436 g/mol. The first kappa shape index (κ1) is 21.9. The second-order valence-electron chi connectivity index (χ2n) is 6.79. The Balaban J connectivity index is 1.67. The lowest BCUT2D eigenvalue weighted by molar-refractivity contribution is -0.116. The molecule has 30 heavy (non-hydrogen) atoms. The van der Waals surface area contributed by atoms with Crippen molar-refractivity contribution in [2.75, 3.05) is 50.7 Å². The predicted molar refractivity (Wildman–Crippen MR) is 114 cm³/mol. The van der Waals surface area contributed by atoms with Crippen molar-refractivity contribution in [1.29, 1.82) is 0 Å². The standard InChI is InChI=1S/C20H25ClN4O5/c1-12-13(19(27)24-20(22-12)25-6-8-30-9-7-25)4-5-18(26)23-15-11-17(29-3)16(28-2)10-14(15)21/h10-11H,4-9H2,1-3H3,(H,23,26)(H,22,24,27). The third kappa shape index (κ3) is 5.03. The number of H-pyrrole nitrogens is 1. The van der Waals surface area contributed by atoms with Gasteiger partial charge in [0.2, 0.25) is 11.9 Å². The van der Waals surface area contributed by atoms with Crippen LogP contribution in [0.5, 0.6) is 11.5 Å². The lowest BCUT2D eigenvalue weighted by Gasteiger charge is -2.27. The molecule has 1 aliphatic rings. The van der Waals surface area contributed by atoms with Crippen LogP contribution in [0.1, 0.15) is 17.7 Å². The first-order chi connectivity index (χ1) is 14.4. The molecule has 1 fully saturated rings. The Labute approximate surface area is 179 Å². The highest BCUT2D eigenvalue weighted by molar-refractivity contribution is 6.34. The Morgan fingerprint density at radius 3 is 2.57 bits per heavy atom. The number of benzene rings is 1. The topological polar surface area (TPSA) is 106 Å². The first-order valence-corrected chi connectivity index (χ1v) is 9.94. The first-order valence-electron chi connectivity index (χ1n) is 9.56. The van der Waals surface area contributed by atoms with Crippen molar-refractivity contribution in [3.8, 4) is 11.5 Å². The van der Waals surface area contributed by atoms with E-state index in [4.69, 9.17) is 25.8 Å². The van der Waals surface area contributed by atoms with Crippen LogP contribution >= 0.6 is 11.6 Å². The third-order valence-corrected chi connectivity index (χ3v) is 5.18. The number of ether oxygens (including phenoxy) is 3. The lowest BCUT2D eigenvalue weighted by atomic mass is 10.1. The van der Waals surface area contributed by atoms with Crippen molar-refractivity contribution in [2.24, 2.45) is 0 Å². The smallest absolute Gasteiger partial charge is 0.255 e. The van der Waals surface area contributed by atoms with Crippen molar-refractivity contribution in [1.82, 2.24) is 9.97 Å². The number of hydrogen-bond donors (Lipinski definition) is 2. The average molecular weight is 437 g/mol. The Hall–Kier alpha value is -2.78. The minimum absolute atomic E-state index is 0.104. The van der Waals surface area contributed by atoms with Crippen molar-refractivity contribution < 1.29 is 19.0 Å². The minimum atomic E-state index is -0.278. The molecule has 1 aromatic carbocycles. The van der Waals surface area contributed by atoms with Crippen molar-refractivity contribution in [2.45, 2.75) is 19.8 Å². The van der Waals surface area contributed by atoms with E-state index in [-0.39, 0.29) is 24.3 Å². The molecule has 1 aliphatic heterocycles. The number of halogens is 1. The summed E-state index contributed by atoms with van der Waals surface area (Å²) in [6.45, 7) is 4.33. The number of nitrogens with zero attached hydrogens (tertiary/aromatic N) is 2. The highest BCUT2D eigenvalue weighted by atomic mass is 35.5. The number of carbonyl (C=O) groups is 1. The van der Waals surface area contributed by atoms with Crippen LogP contribution in [0, 0.1) is 6.92 Å². The van der Waals surface area contributed by atoms with Gasteiger partial charge in [0, 0.05) is 42.9 Å². The van der Waals surface area contributed by atoms with Gasteiger partial charge in [-0.3, -0.25) is 14.6 Å². The fourth-order valence-electron chi connectivity index (χ4n) is 3.22. The second kappa shape index (κ2) is 9.82. The van der Waals surface area contributed by atoms with Gasteiger partial charge < -0.3 is 24.4 Å². The molecule has 3 rings (SSSR count). The number of aromatic amines is 1. The van der Waals surface area contributed by atoms with Crippen LogP contribution in [0.3, 0.4) is 0 Å². The fourth-order valence-corrected chi connectivity index (χ4v) is 3.42. The molecule has 1 aromatic heterocycles. The summed E-state index contributed by atoms with van der Waals surface area (Å²) in [4.78, 5) is 34.3. The van der Waals surface area contributed by atoms with E-state index < -0.39 is 0 Å². The zero-order valence-corrected chi connectivity index (χ0v) is 18.0. The Kier molecular flexibility index (Phi) is 7.17. The Morgan fingerprint density at radius 1 is 1.27 bits per heavy atom. The molecule has 9 nitrogen and oxygen atoms in total. The largest absolute Gasteiger partial charge is 0.493 e. The van der Waals surface area contributed by atoms with Gasteiger partial charge in [0.15, 0.2) is 11.5 Å². The molecule has 1 amide bonds. The molecule has 0 bridgehead atoms. The van der Waals surface area contributed by atoms with E-state index >= 15 is 0 Å². The van der Waals surface area contributed by atoms with Gasteiger partial charge in [0.05, 0.1) is 38.1 Å². The van der Waals surface area contributed by atoms with Crippen molar-refractivity contribution in [3.05, 3.63) is 38.8 Å². The Morgan fingerprint density at radius 2 is 1.93 bits per heavy atom. The highest BCUT2D eigenvalue weighted by Crippen LogP contribution is 2.36. The van der Waals surface area contributed by atoms with Crippen LogP contribution in [0.25, 0.3) is 0 Å². The van der Waals surface area contributed by atoms with Gasteiger partial charge in [-0.15, -0.1) is 0 Å². The molecule has 0 spiro atoms. The molecule has 10 heteroatoms. The maximum atomic E-state index is 12.5. The quantitative estimate of drug-likeness (QED) is 0.685. The van der Waals surface area contributed by atoms with Gasteiger partial charge >= 0.3 is 0 Å². The zero-order valence-electron chi connectivity index (χ0n) is 17.2. The van der Waals surface area contributed by atoms with Gasteiger partial charge in [-0.05, 0) is 13.3 Å². The average Bonchev–Trinajstić information content (AvgIpc) is 2.74. The summed E-state index contributed by atoms with van der Waals surface area (Å²) in [7, 11) is 3.00. The molecule has 0 atom stereocenters. The van der Waals surface area contributed by atoms with E-state index in [2.05, 4.69) is 15.3 Å². The van der Waals surface area contributed by atoms with E-state index in [1.165, 1.54) is 14.2 Å². The van der Waals surface area contributed by atoms with E-state index in [0.717, 1.165) is 0 Å². The number of rotatable bonds is 7. The molecule has 1 saturated heterocycles. The summed E-state index contributed by atoms with van der Waals surface area (Å²) < 4.78 is 15.7. The van der Waals surface area contributed by atoms with Gasteiger partial charge in [-0.1, -0.05) is 11.6 Å². The second-order valence-corrected chi connectivity index (χ2v) is 7.20. The number of carbonyl (C=O) groups excluding carboxylic acids is 1. The molecule has 0 unspecified atom stereocenters. The van der Waals surface area contributed by atoms with Crippen LogP contribution in [0.15, 0.2) is 16.9 Å². The van der Waals surface area contributed by atoms with Gasteiger partial charge in [0.1, 0.15) is 0 Å². The summed E-state index contributed by atoms with van der Waals surface area (Å²) in [5.41, 5.74) is 1.27. The maximum Gasteiger partial charge on any atom is 0.255 e. The van der Waals surface area contributed by atoms with Crippen LogP contribution in [-0.4, -0.2) is 56.4 Å². The van der Waals surface area contributed by atoms with E-state index in [9.17, 15) is 9.59 Å². The summed E-state index contributed by atoms with van der Waals surface area (Å²) in [6.07, 6.45) is 0.363. The van der Waals surface area contributed by atoms with Gasteiger partial charge in [-0.25, -0.2) is 4.98 Å². The van der Waals surface area contributed by atoms with Crippen molar-refractivity contribution in [3.63, 3.8) is 0 Å². The lowest BCUT2D eigenvalue weighted by Crippen LogP contribution is -2.38. The predicted octanol–water partition coefficient (Wildman–Crippen LogP) is 2.16. The number of hydrogen-bond acceptors (Lipinski definition) is 7. The summed E-state index contributed by atoms with van der Waals surface area (Å²) in [5.74, 6) is 1.17. The van der Waals surface area contributed by atoms with E-state index in [1.807, 2.05) is 4.90 Å². The SMILES string of the molecule is COc1cc(Cl)c(NC(=O)CCc2c(C)nc(N3CCOCC3)[nH]c2=O)cc1OC. The molecular formula is C20H25ClN4O5. The summed E-state index contributed by atoms with van der Waals surface area (Å²) >= 11 is 6.21. The van der Waals surface area contributed by atoms with Crippen LogP contribution in [0.4, 0.5) is 11.6 Å². The molecule has 0 saturated carbocycles. The normalized spacial score (nSPS) is 13.8. The molecule has 2 N–H and O–H groups in total.